The van der Waals surface area contributed by atoms with E-state index in [0.29, 0.717) is 12.1 Å². The van der Waals surface area contributed by atoms with Crippen LogP contribution < -0.4 is 5.32 Å². The van der Waals surface area contributed by atoms with E-state index in [-0.39, 0.29) is 17.8 Å². The Balaban J connectivity index is 1.67. The maximum atomic E-state index is 13.3. The summed E-state index contributed by atoms with van der Waals surface area (Å²) in [6.07, 6.45) is 0. The quantitative estimate of drug-likeness (QED) is 0.436. The molecule has 0 radical (unpaired) electrons. The average molecular weight is 452 g/mol. The van der Waals surface area contributed by atoms with Crippen molar-refractivity contribution in [2.45, 2.75) is 19.5 Å². The predicted molar refractivity (Wildman–Crippen MR) is 115 cm³/mol. The van der Waals surface area contributed by atoms with E-state index in [1.165, 1.54) is 12.1 Å². The highest BCUT2D eigenvalue weighted by molar-refractivity contribution is 9.10. The molecule has 1 unspecified atom stereocenters. The van der Waals surface area contributed by atoms with Crippen molar-refractivity contribution in [2.24, 2.45) is 0 Å². The summed E-state index contributed by atoms with van der Waals surface area (Å²) in [6, 6.07) is 21.2. The van der Waals surface area contributed by atoms with Gasteiger partial charge in [0.1, 0.15) is 11.6 Å². The highest BCUT2D eigenvalue weighted by Gasteiger charge is 2.19. The van der Waals surface area contributed by atoms with Crippen molar-refractivity contribution < 1.29 is 9.18 Å². The molecule has 1 aromatic heterocycles. The molecule has 1 heterocycles. The number of nitrogens with zero attached hydrogens (tertiary/aromatic N) is 2. The standard InChI is InChI=1S/C23H19BrFN3O/c1-15(26-23(29)17-5-4-6-18(24)13-17)22-27-20-7-2-3-8-21(20)28(22)14-16-9-11-19(25)12-10-16/h2-13,15H,14H2,1H3,(H,26,29). The lowest BCUT2D eigenvalue weighted by Gasteiger charge is -2.17. The van der Waals surface area contributed by atoms with Crippen LogP contribution in [-0.2, 0) is 6.54 Å². The van der Waals surface area contributed by atoms with E-state index in [0.717, 1.165) is 26.9 Å². The molecular formula is C23H19BrFN3O. The largest absolute Gasteiger partial charge is 0.342 e. The molecule has 0 aliphatic carbocycles. The van der Waals surface area contributed by atoms with Gasteiger partial charge in [-0.05, 0) is 55.0 Å². The fourth-order valence-corrected chi connectivity index (χ4v) is 3.74. The predicted octanol–water partition coefficient (Wildman–Crippen LogP) is 5.48. The summed E-state index contributed by atoms with van der Waals surface area (Å²) in [6.45, 7) is 2.45. The number of fused-ring (bicyclic) bond motifs is 1. The fourth-order valence-electron chi connectivity index (χ4n) is 3.34. The molecular weight excluding hydrogens is 433 g/mol. The number of carbonyl (C=O) groups is 1. The number of amides is 1. The minimum atomic E-state index is -0.311. The molecule has 4 rings (SSSR count). The lowest BCUT2D eigenvalue weighted by molar-refractivity contribution is 0.0937. The van der Waals surface area contributed by atoms with E-state index in [4.69, 9.17) is 4.98 Å². The summed E-state index contributed by atoms with van der Waals surface area (Å²) in [7, 11) is 0. The second kappa shape index (κ2) is 8.17. The van der Waals surface area contributed by atoms with Crippen LogP contribution in [0.15, 0.2) is 77.3 Å². The molecule has 0 saturated carbocycles. The zero-order chi connectivity index (χ0) is 20.4. The molecule has 0 aliphatic rings. The van der Waals surface area contributed by atoms with Gasteiger partial charge in [-0.3, -0.25) is 4.79 Å². The maximum absolute atomic E-state index is 13.3. The Morgan fingerprint density at radius 1 is 1.10 bits per heavy atom. The second-order valence-electron chi connectivity index (χ2n) is 6.88. The fraction of sp³-hybridized carbons (Fsp3) is 0.130. The summed E-state index contributed by atoms with van der Waals surface area (Å²) in [4.78, 5) is 17.4. The smallest absolute Gasteiger partial charge is 0.251 e. The summed E-state index contributed by atoms with van der Waals surface area (Å²) in [5, 5.41) is 3.03. The maximum Gasteiger partial charge on any atom is 0.251 e. The number of para-hydroxylation sites is 2. The first-order valence-electron chi connectivity index (χ1n) is 9.27. The highest BCUT2D eigenvalue weighted by atomic mass is 79.9. The van der Waals surface area contributed by atoms with Gasteiger partial charge < -0.3 is 9.88 Å². The molecule has 4 nitrogen and oxygen atoms in total. The Labute approximate surface area is 176 Å². The van der Waals surface area contributed by atoms with Crippen molar-refractivity contribution in [2.75, 3.05) is 0 Å². The highest BCUT2D eigenvalue weighted by Crippen LogP contribution is 2.23. The first-order chi connectivity index (χ1) is 14.0. The molecule has 1 N–H and O–H groups in total. The normalized spacial score (nSPS) is 12.1. The van der Waals surface area contributed by atoms with Crippen LogP contribution in [0.5, 0.6) is 0 Å². The Bertz CT molecular complexity index is 1170. The first-order valence-corrected chi connectivity index (χ1v) is 10.1. The van der Waals surface area contributed by atoms with Crippen LogP contribution >= 0.6 is 15.9 Å². The molecule has 1 atom stereocenters. The molecule has 4 aromatic rings. The monoisotopic (exact) mass is 451 g/mol. The van der Waals surface area contributed by atoms with Gasteiger partial charge in [-0.25, -0.2) is 9.37 Å². The van der Waals surface area contributed by atoms with Crippen LogP contribution in [0.4, 0.5) is 4.39 Å². The van der Waals surface area contributed by atoms with Crippen molar-refractivity contribution in [1.29, 1.82) is 0 Å². The van der Waals surface area contributed by atoms with E-state index in [2.05, 4.69) is 25.8 Å². The number of hydrogen-bond donors (Lipinski definition) is 1. The van der Waals surface area contributed by atoms with Gasteiger partial charge in [-0.15, -0.1) is 0 Å². The van der Waals surface area contributed by atoms with Crippen LogP contribution in [0.2, 0.25) is 0 Å². The zero-order valence-corrected chi connectivity index (χ0v) is 17.4. The molecule has 0 spiro atoms. The summed E-state index contributed by atoms with van der Waals surface area (Å²) in [5.74, 6) is 0.317. The molecule has 0 saturated heterocycles. The number of benzene rings is 3. The van der Waals surface area contributed by atoms with Gasteiger partial charge in [-0.2, -0.15) is 0 Å². The van der Waals surface area contributed by atoms with E-state index in [9.17, 15) is 9.18 Å². The van der Waals surface area contributed by atoms with Crippen molar-refractivity contribution in [3.8, 4) is 0 Å². The number of hydrogen-bond acceptors (Lipinski definition) is 2. The minimum absolute atomic E-state index is 0.167. The number of imidazole rings is 1. The first kappa shape index (κ1) is 19.3. The van der Waals surface area contributed by atoms with E-state index < -0.39 is 0 Å². The summed E-state index contributed by atoms with van der Waals surface area (Å²) >= 11 is 3.40. The van der Waals surface area contributed by atoms with Gasteiger partial charge in [-0.1, -0.05) is 46.3 Å². The van der Waals surface area contributed by atoms with Crippen LogP contribution in [0, 0.1) is 5.82 Å². The lowest BCUT2D eigenvalue weighted by atomic mass is 10.2. The number of halogens is 2. The second-order valence-corrected chi connectivity index (χ2v) is 7.79. The van der Waals surface area contributed by atoms with Gasteiger partial charge in [0.05, 0.1) is 17.1 Å². The Morgan fingerprint density at radius 3 is 2.62 bits per heavy atom. The van der Waals surface area contributed by atoms with Gasteiger partial charge in [0.15, 0.2) is 0 Å². The van der Waals surface area contributed by atoms with Gasteiger partial charge >= 0.3 is 0 Å². The van der Waals surface area contributed by atoms with Crippen molar-refractivity contribution in [1.82, 2.24) is 14.9 Å². The SMILES string of the molecule is CC(NC(=O)c1cccc(Br)c1)c1nc2ccccc2n1Cc1ccc(F)cc1. The average Bonchev–Trinajstić information content (AvgIpc) is 3.08. The number of rotatable bonds is 5. The van der Waals surface area contributed by atoms with Gasteiger partial charge in [0, 0.05) is 16.6 Å². The Hall–Kier alpha value is -2.99. The minimum Gasteiger partial charge on any atom is -0.342 e. The van der Waals surface area contributed by atoms with Crippen LogP contribution in [0.3, 0.4) is 0 Å². The molecule has 6 heteroatoms. The molecule has 0 fully saturated rings. The zero-order valence-electron chi connectivity index (χ0n) is 15.8. The Morgan fingerprint density at radius 2 is 1.86 bits per heavy atom. The Kier molecular flexibility index (Phi) is 5.45. The van der Waals surface area contributed by atoms with Gasteiger partial charge in [0.25, 0.3) is 5.91 Å². The molecule has 3 aromatic carbocycles. The van der Waals surface area contributed by atoms with E-state index >= 15 is 0 Å². The summed E-state index contributed by atoms with van der Waals surface area (Å²) < 4.78 is 16.2. The van der Waals surface area contributed by atoms with Crippen molar-refractivity contribution in [3.63, 3.8) is 0 Å². The summed E-state index contributed by atoms with van der Waals surface area (Å²) in [5.41, 5.74) is 3.36. The third-order valence-electron chi connectivity index (χ3n) is 4.76. The number of carbonyl (C=O) groups excluding carboxylic acids is 1. The van der Waals surface area contributed by atoms with E-state index in [1.54, 1.807) is 24.3 Å². The lowest BCUT2D eigenvalue weighted by Crippen LogP contribution is -2.28. The van der Waals surface area contributed by atoms with E-state index in [1.807, 2.05) is 43.3 Å². The molecule has 0 bridgehead atoms. The number of nitrogens with one attached hydrogen (secondary N) is 1. The third-order valence-corrected chi connectivity index (χ3v) is 5.25. The number of aromatic nitrogens is 2. The van der Waals surface area contributed by atoms with Crippen molar-refractivity contribution >= 4 is 32.9 Å². The molecule has 29 heavy (non-hydrogen) atoms. The molecule has 146 valence electrons. The van der Waals surface area contributed by atoms with Gasteiger partial charge in [0.2, 0.25) is 0 Å². The molecule has 1 amide bonds. The topological polar surface area (TPSA) is 46.9 Å². The van der Waals surface area contributed by atoms with Crippen LogP contribution in [0.1, 0.15) is 34.7 Å². The van der Waals surface area contributed by atoms with Crippen LogP contribution in [-0.4, -0.2) is 15.5 Å². The van der Waals surface area contributed by atoms with Crippen LogP contribution in [0.25, 0.3) is 11.0 Å². The third kappa shape index (κ3) is 4.22. The van der Waals surface area contributed by atoms with Crippen molar-refractivity contribution in [3.05, 3.63) is 100 Å². The molecule has 0 aliphatic heterocycles.